The summed E-state index contributed by atoms with van der Waals surface area (Å²) in [6.07, 6.45) is 0.221. The number of hydrogen-bond acceptors (Lipinski definition) is 5. The second-order valence-electron chi connectivity index (χ2n) is 3.27. The van der Waals surface area contributed by atoms with Gasteiger partial charge in [0.1, 0.15) is 0 Å². The van der Waals surface area contributed by atoms with Crippen LogP contribution in [-0.2, 0) is 25.5 Å². The molecule has 0 aromatic carbocycles. The molecule has 7 heteroatoms. The quantitative estimate of drug-likeness (QED) is 0.409. The summed E-state index contributed by atoms with van der Waals surface area (Å²) in [5, 5.41) is 0. The molecule has 0 spiro atoms. The summed E-state index contributed by atoms with van der Waals surface area (Å²) in [6.45, 7) is 6.63. The number of nitrogens with one attached hydrogen (secondary N) is 1. The van der Waals surface area contributed by atoms with Crippen molar-refractivity contribution in [3.8, 4) is 0 Å². The predicted octanol–water partition coefficient (Wildman–Crippen LogP) is -0.172. The van der Waals surface area contributed by atoms with Crippen molar-refractivity contribution in [2.75, 3.05) is 39.6 Å². The summed E-state index contributed by atoms with van der Waals surface area (Å²) in [4.78, 5) is 0. The molecular weight excluding hydrogens is 234 g/mol. The Balaban J connectivity index is 2.96. The maximum atomic E-state index is 10.1. The lowest BCUT2D eigenvalue weighted by Gasteiger charge is -2.09. The highest BCUT2D eigenvalue weighted by atomic mass is 32.2. The summed E-state index contributed by atoms with van der Waals surface area (Å²) >= 11 is -2.21. The molecule has 1 atom stereocenters. The lowest BCUT2D eigenvalue weighted by atomic mass is 10.5. The third-order valence-corrected chi connectivity index (χ3v) is 1.96. The van der Waals surface area contributed by atoms with Crippen molar-refractivity contribution in [1.29, 1.82) is 0 Å². The van der Waals surface area contributed by atoms with Crippen molar-refractivity contribution in [2.24, 2.45) is 0 Å². The van der Waals surface area contributed by atoms with Gasteiger partial charge in [-0.15, -0.1) is 0 Å². The molecule has 0 rings (SSSR count). The van der Waals surface area contributed by atoms with Gasteiger partial charge in [-0.05, 0) is 13.8 Å². The van der Waals surface area contributed by atoms with Gasteiger partial charge in [0.25, 0.3) is 0 Å². The van der Waals surface area contributed by atoms with Crippen LogP contribution in [0.5, 0.6) is 0 Å². The minimum absolute atomic E-state index is 0.221. The molecule has 6 nitrogen and oxygen atoms in total. The molecule has 0 heterocycles. The molecule has 1 N–H and O–H groups in total. The molecule has 0 aliphatic rings. The molecule has 0 fully saturated rings. The van der Waals surface area contributed by atoms with E-state index in [1.54, 1.807) is 0 Å². The van der Waals surface area contributed by atoms with Crippen LogP contribution in [0.3, 0.4) is 0 Å². The van der Waals surface area contributed by atoms with E-state index >= 15 is 0 Å². The van der Waals surface area contributed by atoms with Gasteiger partial charge < -0.3 is 18.8 Å². The Morgan fingerprint density at radius 1 is 1.12 bits per heavy atom. The van der Waals surface area contributed by atoms with Crippen LogP contribution in [0.25, 0.3) is 0 Å². The first-order chi connectivity index (χ1) is 7.63. The summed E-state index contributed by atoms with van der Waals surface area (Å²) in [6, 6.07) is 0. The highest BCUT2D eigenvalue weighted by Crippen LogP contribution is 1.87. The van der Waals surface area contributed by atoms with Crippen molar-refractivity contribution in [2.45, 2.75) is 20.0 Å². The van der Waals surface area contributed by atoms with E-state index in [1.165, 1.54) is 0 Å². The van der Waals surface area contributed by atoms with Gasteiger partial charge in [0.15, 0.2) is 0 Å². The molecule has 0 bridgehead atoms. The molecule has 0 saturated heterocycles. The second kappa shape index (κ2) is 11.4. The Bertz CT molecular complexity index is 179. The standard InChI is InChI=1S/C9H21NO5S/c1-9(2)15-8-7-14-6-5-13-4-3-10-16(11)12/h9-10H,3-8H2,1-2H3,(H,11,12)/p-1. The van der Waals surface area contributed by atoms with Crippen LogP contribution in [0.1, 0.15) is 13.8 Å². The predicted molar refractivity (Wildman–Crippen MR) is 59.6 cm³/mol. The van der Waals surface area contributed by atoms with E-state index in [4.69, 9.17) is 14.2 Å². The zero-order valence-corrected chi connectivity index (χ0v) is 10.6. The minimum Gasteiger partial charge on any atom is -0.760 e. The lowest BCUT2D eigenvalue weighted by Crippen LogP contribution is -2.22. The molecule has 0 aromatic rings. The fourth-order valence-corrected chi connectivity index (χ4v) is 1.11. The second-order valence-corrected chi connectivity index (χ2v) is 4.03. The fourth-order valence-electron chi connectivity index (χ4n) is 0.862. The van der Waals surface area contributed by atoms with Crippen molar-refractivity contribution < 1.29 is 23.0 Å². The first kappa shape index (κ1) is 16.0. The van der Waals surface area contributed by atoms with Crippen LogP contribution in [0.2, 0.25) is 0 Å². The average molecular weight is 254 g/mol. The Hall–Kier alpha value is -0.0500. The third-order valence-electron chi connectivity index (χ3n) is 1.52. The Morgan fingerprint density at radius 2 is 1.69 bits per heavy atom. The summed E-state index contributed by atoms with van der Waals surface area (Å²) < 4.78 is 37.9. The van der Waals surface area contributed by atoms with Gasteiger partial charge in [-0.25, -0.2) is 4.72 Å². The Kier molecular flexibility index (Phi) is 11.4. The molecular formula is C9H20NO5S-. The molecule has 16 heavy (non-hydrogen) atoms. The van der Waals surface area contributed by atoms with Gasteiger partial charge in [-0.3, -0.25) is 4.21 Å². The van der Waals surface area contributed by atoms with Gasteiger partial charge in [0.05, 0.1) is 39.1 Å². The van der Waals surface area contributed by atoms with Crippen LogP contribution >= 0.6 is 0 Å². The lowest BCUT2D eigenvalue weighted by molar-refractivity contribution is -0.000731. The molecule has 0 aliphatic carbocycles. The highest BCUT2D eigenvalue weighted by molar-refractivity contribution is 7.77. The third kappa shape index (κ3) is 13.9. The van der Waals surface area contributed by atoms with Crippen LogP contribution in [0.4, 0.5) is 0 Å². The van der Waals surface area contributed by atoms with Gasteiger partial charge in [-0.1, -0.05) is 0 Å². The zero-order chi connectivity index (χ0) is 12.2. The van der Waals surface area contributed by atoms with Crippen molar-refractivity contribution in [3.05, 3.63) is 0 Å². The van der Waals surface area contributed by atoms with E-state index in [0.29, 0.717) is 33.0 Å². The molecule has 0 radical (unpaired) electrons. The largest absolute Gasteiger partial charge is 0.760 e. The van der Waals surface area contributed by atoms with Crippen LogP contribution in [0, 0.1) is 0 Å². The monoisotopic (exact) mass is 254 g/mol. The fraction of sp³-hybridized carbons (Fsp3) is 1.00. The Labute approximate surface area is 99.1 Å². The van der Waals surface area contributed by atoms with Crippen LogP contribution < -0.4 is 4.72 Å². The molecule has 0 amide bonds. The maximum absolute atomic E-state index is 10.1. The summed E-state index contributed by atoms with van der Waals surface area (Å²) in [7, 11) is 0. The zero-order valence-electron chi connectivity index (χ0n) is 9.77. The van der Waals surface area contributed by atoms with E-state index in [1.807, 2.05) is 13.8 Å². The molecule has 0 saturated carbocycles. The SMILES string of the molecule is CC(C)OCCOCCOCCNS(=O)[O-]. The topological polar surface area (TPSA) is 79.8 Å². The van der Waals surface area contributed by atoms with Crippen molar-refractivity contribution in [1.82, 2.24) is 4.72 Å². The molecule has 1 unspecified atom stereocenters. The van der Waals surface area contributed by atoms with E-state index < -0.39 is 11.3 Å². The number of rotatable bonds is 11. The normalized spacial score (nSPS) is 13.2. The first-order valence-corrected chi connectivity index (χ1v) is 6.30. The highest BCUT2D eigenvalue weighted by Gasteiger charge is 1.93. The number of ether oxygens (including phenoxy) is 3. The first-order valence-electron chi connectivity index (χ1n) is 5.22. The van der Waals surface area contributed by atoms with E-state index in [2.05, 4.69) is 4.72 Å². The molecule has 0 aromatic heterocycles. The molecule has 0 aliphatic heterocycles. The van der Waals surface area contributed by atoms with Gasteiger partial charge in [-0.2, -0.15) is 0 Å². The van der Waals surface area contributed by atoms with Crippen LogP contribution in [-0.4, -0.2) is 54.4 Å². The van der Waals surface area contributed by atoms with Crippen LogP contribution in [0.15, 0.2) is 0 Å². The number of hydrogen-bond donors (Lipinski definition) is 1. The Morgan fingerprint density at radius 3 is 2.25 bits per heavy atom. The van der Waals surface area contributed by atoms with Gasteiger partial charge >= 0.3 is 0 Å². The maximum Gasteiger partial charge on any atom is 0.0703 e. The smallest absolute Gasteiger partial charge is 0.0703 e. The summed E-state index contributed by atoms with van der Waals surface area (Å²) in [5.74, 6) is 0. The minimum atomic E-state index is -2.21. The van der Waals surface area contributed by atoms with Gasteiger partial charge in [0.2, 0.25) is 0 Å². The van der Waals surface area contributed by atoms with Crippen molar-refractivity contribution in [3.63, 3.8) is 0 Å². The van der Waals surface area contributed by atoms with E-state index in [-0.39, 0.29) is 12.6 Å². The van der Waals surface area contributed by atoms with Crippen molar-refractivity contribution >= 4 is 11.3 Å². The molecule has 98 valence electrons. The van der Waals surface area contributed by atoms with Gasteiger partial charge in [0, 0.05) is 17.8 Å². The van der Waals surface area contributed by atoms with E-state index in [9.17, 15) is 8.76 Å². The average Bonchev–Trinajstić information content (AvgIpc) is 2.20. The van der Waals surface area contributed by atoms with E-state index in [0.717, 1.165) is 0 Å². The summed E-state index contributed by atoms with van der Waals surface area (Å²) in [5.41, 5.74) is 0.